The van der Waals surface area contributed by atoms with Crippen molar-refractivity contribution < 1.29 is 13.5 Å². The van der Waals surface area contributed by atoms with E-state index in [1.807, 2.05) is 0 Å². The third kappa shape index (κ3) is 2.66. The van der Waals surface area contributed by atoms with Crippen molar-refractivity contribution in [2.45, 2.75) is 18.6 Å². The molecule has 61 valence electrons. The average molecular weight is 165 g/mol. The van der Waals surface area contributed by atoms with Gasteiger partial charge in [-0.15, -0.1) is 0 Å². The molecule has 0 aliphatic heterocycles. The molecule has 1 atom stereocenters. The molecule has 0 bridgehead atoms. The van der Waals surface area contributed by atoms with E-state index in [0.29, 0.717) is 6.42 Å². The first-order chi connectivity index (χ1) is 4.54. The summed E-state index contributed by atoms with van der Waals surface area (Å²) >= 11 is 0. The molecule has 0 aromatic heterocycles. The van der Waals surface area contributed by atoms with Gasteiger partial charge in [-0.2, -0.15) is 0 Å². The Bertz CT molecular complexity index is 171. The standard InChI is InChI=1S/C6H13O3S/c1-3-4-10(8,9)6(2)5-7/h6-7H,2-5H2,1H3. The molecule has 0 saturated heterocycles. The van der Waals surface area contributed by atoms with Crippen LogP contribution >= 0.6 is 0 Å². The average Bonchev–Trinajstić information content (AvgIpc) is 1.86. The van der Waals surface area contributed by atoms with E-state index in [-0.39, 0.29) is 12.4 Å². The van der Waals surface area contributed by atoms with Crippen LogP contribution in [0.2, 0.25) is 0 Å². The van der Waals surface area contributed by atoms with Crippen molar-refractivity contribution in [3.05, 3.63) is 6.92 Å². The Labute approximate surface area is 62.0 Å². The summed E-state index contributed by atoms with van der Waals surface area (Å²) in [5.74, 6) is 0.113. The molecule has 3 nitrogen and oxygen atoms in total. The van der Waals surface area contributed by atoms with Crippen molar-refractivity contribution >= 4 is 9.84 Å². The molecule has 1 radical (unpaired) electrons. The normalized spacial score (nSPS) is 15.1. The van der Waals surface area contributed by atoms with Crippen LogP contribution in [0, 0.1) is 6.92 Å². The van der Waals surface area contributed by atoms with Crippen LogP contribution in [0.1, 0.15) is 13.3 Å². The zero-order valence-electron chi connectivity index (χ0n) is 6.08. The van der Waals surface area contributed by atoms with Gasteiger partial charge in [0.15, 0.2) is 9.84 Å². The van der Waals surface area contributed by atoms with Gasteiger partial charge in [-0.05, 0) is 13.3 Å². The lowest BCUT2D eigenvalue weighted by Gasteiger charge is -2.07. The lowest BCUT2D eigenvalue weighted by molar-refractivity contribution is 0.302. The number of aliphatic hydroxyl groups excluding tert-OH is 1. The van der Waals surface area contributed by atoms with Crippen LogP contribution in [0.5, 0.6) is 0 Å². The Balaban J connectivity index is 4.12. The largest absolute Gasteiger partial charge is 0.395 e. The lowest BCUT2D eigenvalue weighted by atomic mass is 10.5. The fourth-order valence-electron chi connectivity index (χ4n) is 0.565. The van der Waals surface area contributed by atoms with Crippen LogP contribution in [0.4, 0.5) is 0 Å². The summed E-state index contributed by atoms with van der Waals surface area (Å²) in [4.78, 5) is 0. The Morgan fingerprint density at radius 2 is 2.10 bits per heavy atom. The highest BCUT2D eigenvalue weighted by molar-refractivity contribution is 7.92. The first-order valence-corrected chi connectivity index (χ1v) is 4.91. The second-order valence-electron chi connectivity index (χ2n) is 2.17. The smallest absolute Gasteiger partial charge is 0.155 e. The molecule has 0 aliphatic carbocycles. The predicted molar refractivity (Wildman–Crippen MR) is 40.3 cm³/mol. The van der Waals surface area contributed by atoms with Crippen molar-refractivity contribution in [1.82, 2.24) is 0 Å². The molecule has 0 aromatic carbocycles. The maximum absolute atomic E-state index is 10.9. The van der Waals surface area contributed by atoms with Gasteiger partial charge in [-0.1, -0.05) is 6.92 Å². The topological polar surface area (TPSA) is 54.4 Å². The van der Waals surface area contributed by atoms with Gasteiger partial charge in [0.1, 0.15) is 0 Å². The molecule has 0 aromatic rings. The Kier molecular flexibility index (Phi) is 3.89. The SMILES string of the molecule is [CH2]C(CO)S(=O)(=O)CCC. The summed E-state index contributed by atoms with van der Waals surface area (Å²) < 4.78 is 21.9. The van der Waals surface area contributed by atoms with Crippen molar-refractivity contribution in [2.75, 3.05) is 12.4 Å². The quantitative estimate of drug-likeness (QED) is 0.638. The van der Waals surface area contributed by atoms with Gasteiger partial charge < -0.3 is 5.11 Å². The maximum Gasteiger partial charge on any atom is 0.155 e. The highest BCUT2D eigenvalue weighted by Crippen LogP contribution is 2.01. The molecule has 1 N–H and O–H groups in total. The first-order valence-electron chi connectivity index (χ1n) is 3.20. The number of hydrogen-bond donors (Lipinski definition) is 1. The van der Waals surface area contributed by atoms with Gasteiger partial charge in [-0.25, -0.2) is 8.42 Å². The van der Waals surface area contributed by atoms with Gasteiger partial charge in [0, 0.05) is 0 Å². The molecule has 0 fully saturated rings. The molecular formula is C6H13O3S. The Morgan fingerprint density at radius 3 is 2.40 bits per heavy atom. The highest BCUT2D eigenvalue weighted by Gasteiger charge is 2.17. The first kappa shape index (κ1) is 9.91. The fraction of sp³-hybridized carbons (Fsp3) is 0.833. The number of aliphatic hydroxyl groups is 1. The summed E-state index contributed by atoms with van der Waals surface area (Å²) in [5.41, 5.74) is 0. The zero-order valence-corrected chi connectivity index (χ0v) is 6.89. The minimum absolute atomic E-state index is 0.113. The summed E-state index contributed by atoms with van der Waals surface area (Å²) in [6.45, 7) is 4.70. The van der Waals surface area contributed by atoms with Crippen LogP contribution < -0.4 is 0 Å². The molecule has 4 heteroatoms. The van der Waals surface area contributed by atoms with Gasteiger partial charge in [-0.3, -0.25) is 0 Å². The molecular weight excluding hydrogens is 152 g/mol. The van der Waals surface area contributed by atoms with Crippen LogP contribution in [0.25, 0.3) is 0 Å². The van der Waals surface area contributed by atoms with E-state index in [1.54, 1.807) is 6.92 Å². The molecule has 1 unspecified atom stereocenters. The monoisotopic (exact) mass is 165 g/mol. The van der Waals surface area contributed by atoms with E-state index in [9.17, 15) is 8.42 Å². The third-order valence-corrected chi connectivity index (χ3v) is 3.34. The molecule has 0 saturated carbocycles. The van der Waals surface area contributed by atoms with Crippen LogP contribution in [0.3, 0.4) is 0 Å². The van der Waals surface area contributed by atoms with Crippen molar-refractivity contribution in [1.29, 1.82) is 0 Å². The van der Waals surface area contributed by atoms with Gasteiger partial charge in [0.05, 0.1) is 17.6 Å². The van der Waals surface area contributed by atoms with E-state index in [0.717, 1.165) is 0 Å². The second-order valence-corrected chi connectivity index (χ2v) is 4.57. The number of hydrogen-bond acceptors (Lipinski definition) is 3. The molecule has 0 spiro atoms. The summed E-state index contributed by atoms with van der Waals surface area (Å²) in [6, 6.07) is 0. The minimum Gasteiger partial charge on any atom is -0.395 e. The van der Waals surface area contributed by atoms with Crippen molar-refractivity contribution in [3.63, 3.8) is 0 Å². The van der Waals surface area contributed by atoms with E-state index in [1.165, 1.54) is 0 Å². The van der Waals surface area contributed by atoms with Crippen LogP contribution in [-0.4, -0.2) is 31.1 Å². The van der Waals surface area contributed by atoms with E-state index in [2.05, 4.69) is 6.92 Å². The molecule has 10 heavy (non-hydrogen) atoms. The molecule has 0 rings (SSSR count). The van der Waals surface area contributed by atoms with Gasteiger partial charge in [0.2, 0.25) is 0 Å². The summed E-state index contributed by atoms with van der Waals surface area (Å²) in [7, 11) is -3.12. The van der Waals surface area contributed by atoms with Crippen molar-refractivity contribution in [3.8, 4) is 0 Å². The molecule has 0 aliphatic rings. The number of sulfone groups is 1. The van der Waals surface area contributed by atoms with Crippen LogP contribution in [0.15, 0.2) is 0 Å². The molecule has 0 amide bonds. The lowest BCUT2D eigenvalue weighted by Crippen LogP contribution is -2.24. The fourth-order valence-corrected chi connectivity index (χ4v) is 1.69. The summed E-state index contributed by atoms with van der Waals surface area (Å²) in [5, 5.41) is 7.60. The number of rotatable bonds is 4. The minimum atomic E-state index is -3.12. The van der Waals surface area contributed by atoms with E-state index in [4.69, 9.17) is 5.11 Å². The second kappa shape index (κ2) is 3.93. The predicted octanol–water partition coefficient (Wildman–Crippen LogP) is 0.00619. The summed E-state index contributed by atoms with van der Waals surface area (Å²) in [6.07, 6.45) is 0.578. The van der Waals surface area contributed by atoms with E-state index < -0.39 is 15.1 Å². The van der Waals surface area contributed by atoms with Crippen molar-refractivity contribution in [2.24, 2.45) is 0 Å². The van der Waals surface area contributed by atoms with E-state index >= 15 is 0 Å². The third-order valence-electron chi connectivity index (χ3n) is 1.20. The Morgan fingerprint density at radius 1 is 1.60 bits per heavy atom. The highest BCUT2D eigenvalue weighted by atomic mass is 32.2. The zero-order chi connectivity index (χ0) is 8.20. The Hall–Kier alpha value is -0.0900. The van der Waals surface area contributed by atoms with Crippen LogP contribution in [-0.2, 0) is 9.84 Å². The van der Waals surface area contributed by atoms with Gasteiger partial charge in [0.25, 0.3) is 0 Å². The molecule has 0 heterocycles. The maximum atomic E-state index is 10.9. The van der Waals surface area contributed by atoms with Gasteiger partial charge >= 0.3 is 0 Å².